The third kappa shape index (κ3) is 5.16. The largest absolute Gasteiger partial charge is 0.508 e. The zero-order chi connectivity index (χ0) is 26.1. The third-order valence-corrected chi connectivity index (χ3v) is 8.88. The molecule has 0 saturated heterocycles. The normalized spacial score (nSPS) is 17.4. The van der Waals surface area contributed by atoms with Crippen LogP contribution in [0.25, 0.3) is 0 Å². The number of hydrogen-bond donors (Lipinski definition) is 4. The quantitative estimate of drug-likeness (QED) is 0.209. The maximum atomic E-state index is 11.2. The van der Waals surface area contributed by atoms with E-state index in [1.54, 1.807) is 6.07 Å². The van der Waals surface area contributed by atoms with Crippen molar-refractivity contribution >= 4 is 0 Å². The van der Waals surface area contributed by atoms with E-state index in [9.17, 15) is 20.4 Å². The standard InChI is InChI=1S/C33H40O4/c1-20-15-27(22-9-5-3-6-10-22)30(35)18-25(20)33(24-13-14-29(34)32(37)17-24)26-19-31(36)28(16-21(26)2)23-11-7-4-8-12-23/h13-19,22-23,33-37H,3-12H2,1-2H3. The Balaban J connectivity index is 1.63. The van der Waals surface area contributed by atoms with Gasteiger partial charge >= 0.3 is 0 Å². The summed E-state index contributed by atoms with van der Waals surface area (Å²) in [5.41, 5.74) is 6.89. The molecule has 0 atom stereocenters. The van der Waals surface area contributed by atoms with Crippen LogP contribution in [0, 0.1) is 13.8 Å². The Hall–Kier alpha value is -3.14. The van der Waals surface area contributed by atoms with Crippen LogP contribution in [0.3, 0.4) is 0 Å². The van der Waals surface area contributed by atoms with Gasteiger partial charge in [0, 0.05) is 5.92 Å². The van der Waals surface area contributed by atoms with E-state index in [2.05, 4.69) is 26.0 Å². The van der Waals surface area contributed by atoms with Crippen LogP contribution in [-0.2, 0) is 0 Å². The van der Waals surface area contributed by atoms with E-state index in [1.807, 2.05) is 18.2 Å². The second-order valence-corrected chi connectivity index (χ2v) is 11.4. The van der Waals surface area contributed by atoms with Gasteiger partial charge in [-0.15, -0.1) is 0 Å². The van der Waals surface area contributed by atoms with Crippen molar-refractivity contribution in [3.63, 3.8) is 0 Å². The van der Waals surface area contributed by atoms with Gasteiger partial charge in [-0.3, -0.25) is 0 Å². The van der Waals surface area contributed by atoms with Gasteiger partial charge in [-0.05, 0) is 115 Å². The van der Waals surface area contributed by atoms with E-state index in [-0.39, 0.29) is 17.4 Å². The molecule has 0 amide bonds. The fourth-order valence-electron chi connectivity index (χ4n) is 6.82. The molecule has 2 aliphatic rings. The lowest BCUT2D eigenvalue weighted by Gasteiger charge is -2.28. The number of hydrogen-bond acceptors (Lipinski definition) is 4. The van der Waals surface area contributed by atoms with Crippen LogP contribution in [0.15, 0.2) is 42.5 Å². The van der Waals surface area contributed by atoms with Crippen molar-refractivity contribution < 1.29 is 20.4 Å². The fourth-order valence-corrected chi connectivity index (χ4v) is 6.82. The Kier molecular flexibility index (Phi) is 7.37. The SMILES string of the molecule is Cc1cc(C2CCCCC2)c(O)cc1C(c1ccc(O)c(O)c1)c1cc(O)c(C2CCCCC2)cc1C. The van der Waals surface area contributed by atoms with E-state index >= 15 is 0 Å². The van der Waals surface area contributed by atoms with Gasteiger partial charge in [0.2, 0.25) is 0 Å². The summed E-state index contributed by atoms with van der Waals surface area (Å²) in [6.45, 7) is 4.17. The first kappa shape index (κ1) is 25.5. The maximum absolute atomic E-state index is 11.2. The minimum atomic E-state index is -0.316. The molecule has 2 aliphatic carbocycles. The summed E-state index contributed by atoms with van der Waals surface area (Å²) in [5.74, 6) is 0.758. The Labute approximate surface area is 220 Å². The number of phenols is 4. The zero-order valence-corrected chi connectivity index (χ0v) is 22.1. The number of aromatic hydroxyl groups is 4. The summed E-state index contributed by atoms with van der Waals surface area (Å²) >= 11 is 0. The molecule has 2 saturated carbocycles. The number of rotatable bonds is 5. The van der Waals surface area contributed by atoms with Crippen LogP contribution in [-0.4, -0.2) is 20.4 Å². The van der Waals surface area contributed by atoms with Gasteiger partial charge in [-0.1, -0.05) is 56.7 Å². The molecule has 0 spiro atoms. The van der Waals surface area contributed by atoms with Gasteiger partial charge in [0.05, 0.1) is 0 Å². The van der Waals surface area contributed by atoms with Crippen molar-refractivity contribution in [1.29, 1.82) is 0 Å². The Morgan fingerprint density at radius 3 is 1.43 bits per heavy atom. The van der Waals surface area contributed by atoms with Crippen LogP contribution in [0.5, 0.6) is 23.0 Å². The van der Waals surface area contributed by atoms with Crippen molar-refractivity contribution in [2.75, 3.05) is 0 Å². The molecule has 196 valence electrons. The molecular weight excluding hydrogens is 460 g/mol. The predicted molar refractivity (Wildman–Crippen MR) is 148 cm³/mol. The lowest BCUT2D eigenvalue weighted by molar-refractivity contribution is 0.403. The van der Waals surface area contributed by atoms with Crippen LogP contribution >= 0.6 is 0 Å². The van der Waals surface area contributed by atoms with E-state index in [0.29, 0.717) is 23.3 Å². The molecule has 37 heavy (non-hydrogen) atoms. The van der Waals surface area contributed by atoms with Crippen LogP contribution in [0.1, 0.15) is 121 Å². The van der Waals surface area contributed by atoms with E-state index in [0.717, 1.165) is 64.6 Å². The molecule has 4 heteroatoms. The Bertz CT molecular complexity index is 1190. The third-order valence-electron chi connectivity index (χ3n) is 8.88. The summed E-state index contributed by atoms with van der Waals surface area (Å²) in [4.78, 5) is 0. The number of aryl methyl sites for hydroxylation is 2. The molecule has 2 fully saturated rings. The topological polar surface area (TPSA) is 80.9 Å². The van der Waals surface area contributed by atoms with Gasteiger partial charge < -0.3 is 20.4 Å². The molecule has 3 aromatic rings. The molecular formula is C33H40O4. The Morgan fingerprint density at radius 1 is 0.541 bits per heavy atom. The highest BCUT2D eigenvalue weighted by atomic mass is 16.3. The maximum Gasteiger partial charge on any atom is 0.157 e. The lowest BCUT2D eigenvalue weighted by atomic mass is 9.76. The van der Waals surface area contributed by atoms with Gasteiger partial charge in [-0.2, -0.15) is 0 Å². The minimum absolute atomic E-state index is 0.165. The highest BCUT2D eigenvalue weighted by molar-refractivity contribution is 5.57. The van der Waals surface area contributed by atoms with Gasteiger partial charge in [-0.25, -0.2) is 0 Å². The monoisotopic (exact) mass is 500 g/mol. The number of benzene rings is 3. The molecule has 0 heterocycles. The highest BCUT2D eigenvalue weighted by Crippen LogP contribution is 2.46. The van der Waals surface area contributed by atoms with Crippen LogP contribution in [0.2, 0.25) is 0 Å². The first-order chi connectivity index (χ1) is 17.8. The van der Waals surface area contributed by atoms with Crippen molar-refractivity contribution in [2.45, 2.75) is 95.8 Å². The first-order valence-corrected chi connectivity index (χ1v) is 14.0. The molecule has 4 nitrogen and oxygen atoms in total. The average molecular weight is 501 g/mol. The van der Waals surface area contributed by atoms with Gasteiger partial charge in [0.15, 0.2) is 11.5 Å². The molecule has 5 rings (SSSR count). The number of phenolic OH excluding ortho intramolecular Hbond substituents is 4. The highest BCUT2D eigenvalue weighted by Gasteiger charge is 2.27. The molecule has 0 aliphatic heterocycles. The van der Waals surface area contributed by atoms with Gasteiger partial charge in [0.1, 0.15) is 11.5 Å². The first-order valence-electron chi connectivity index (χ1n) is 14.0. The summed E-state index contributed by atoms with van der Waals surface area (Å²) in [6.07, 6.45) is 11.8. The van der Waals surface area contributed by atoms with Crippen molar-refractivity contribution in [3.05, 3.63) is 81.4 Å². The van der Waals surface area contributed by atoms with E-state index < -0.39 is 0 Å². The molecule has 4 N–H and O–H groups in total. The predicted octanol–water partition coefficient (Wildman–Crippen LogP) is 8.40. The van der Waals surface area contributed by atoms with Crippen molar-refractivity contribution in [3.8, 4) is 23.0 Å². The van der Waals surface area contributed by atoms with E-state index in [4.69, 9.17) is 0 Å². The minimum Gasteiger partial charge on any atom is -0.508 e. The summed E-state index contributed by atoms with van der Waals surface area (Å²) < 4.78 is 0. The smallest absolute Gasteiger partial charge is 0.157 e. The summed E-state index contributed by atoms with van der Waals surface area (Å²) in [5, 5.41) is 42.8. The molecule has 0 unspecified atom stereocenters. The second-order valence-electron chi connectivity index (χ2n) is 11.4. The zero-order valence-electron chi connectivity index (χ0n) is 22.1. The average Bonchev–Trinajstić information content (AvgIpc) is 2.90. The van der Waals surface area contributed by atoms with Gasteiger partial charge in [0.25, 0.3) is 0 Å². The molecule has 0 bridgehead atoms. The van der Waals surface area contributed by atoms with Crippen LogP contribution in [0.4, 0.5) is 0 Å². The molecule has 0 aromatic heterocycles. The summed E-state index contributed by atoms with van der Waals surface area (Å²) in [7, 11) is 0. The van der Waals surface area contributed by atoms with Crippen LogP contribution < -0.4 is 0 Å². The Morgan fingerprint density at radius 2 is 1.00 bits per heavy atom. The molecule has 3 aromatic carbocycles. The molecule has 0 radical (unpaired) electrons. The second kappa shape index (κ2) is 10.7. The van der Waals surface area contributed by atoms with Crippen molar-refractivity contribution in [1.82, 2.24) is 0 Å². The summed E-state index contributed by atoms with van der Waals surface area (Å²) in [6, 6.07) is 13.0. The fraction of sp³-hybridized carbons (Fsp3) is 0.455. The van der Waals surface area contributed by atoms with Crippen molar-refractivity contribution in [2.24, 2.45) is 0 Å². The van der Waals surface area contributed by atoms with E-state index in [1.165, 1.54) is 44.6 Å². The lowest BCUT2D eigenvalue weighted by Crippen LogP contribution is -2.11.